The van der Waals surface area contributed by atoms with Crippen LogP contribution in [0.2, 0.25) is 0 Å². The van der Waals surface area contributed by atoms with Gasteiger partial charge in [0.05, 0.1) is 23.6 Å². The van der Waals surface area contributed by atoms with E-state index in [0.29, 0.717) is 5.56 Å². The number of thiophene rings is 1. The van der Waals surface area contributed by atoms with Crippen LogP contribution in [-0.4, -0.2) is 0 Å². The first-order valence-corrected chi connectivity index (χ1v) is 20.1. The summed E-state index contributed by atoms with van der Waals surface area (Å²) in [5.41, 5.74) is 15.1. The van der Waals surface area contributed by atoms with Gasteiger partial charge < -0.3 is 4.90 Å². The minimum Gasteiger partial charge on any atom is -0.309 e. The number of anilines is 3. The molecule has 57 heavy (non-hydrogen) atoms. The van der Waals surface area contributed by atoms with Gasteiger partial charge in [-0.1, -0.05) is 176 Å². The van der Waals surface area contributed by atoms with E-state index >= 15 is 0 Å². The number of para-hydroxylation sites is 1. The largest absolute Gasteiger partial charge is 0.309 e. The van der Waals surface area contributed by atoms with E-state index in [2.05, 4.69) is 163 Å². The van der Waals surface area contributed by atoms with Crippen LogP contribution in [0, 0.1) is 0 Å². The van der Waals surface area contributed by atoms with Crippen molar-refractivity contribution in [3.8, 4) is 44.5 Å². The molecule has 2 aliphatic rings. The van der Waals surface area contributed by atoms with E-state index in [1.807, 2.05) is 35.6 Å². The first kappa shape index (κ1) is 27.6. The van der Waals surface area contributed by atoms with Crippen LogP contribution in [0.4, 0.5) is 17.1 Å². The van der Waals surface area contributed by atoms with Crippen molar-refractivity contribution in [2.45, 2.75) is 5.41 Å². The van der Waals surface area contributed by atoms with Crippen LogP contribution in [0.15, 0.2) is 212 Å². The van der Waals surface area contributed by atoms with Crippen LogP contribution in [0.5, 0.6) is 0 Å². The highest BCUT2D eigenvalue weighted by atomic mass is 32.1. The maximum absolute atomic E-state index is 8.77. The molecule has 1 aromatic heterocycles. The van der Waals surface area contributed by atoms with Gasteiger partial charge in [0.25, 0.3) is 0 Å². The average molecular weight is 747 g/mol. The Balaban J connectivity index is 1.15. The summed E-state index contributed by atoms with van der Waals surface area (Å²) in [6.07, 6.45) is 0. The smallest absolute Gasteiger partial charge is 0.0726 e. The Bertz CT molecular complexity index is 3420. The molecule has 1 heterocycles. The third kappa shape index (κ3) is 4.56. The van der Waals surface area contributed by atoms with Crippen molar-refractivity contribution in [1.82, 2.24) is 0 Å². The maximum atomic E-state index is 8.77. The predicted molar refractivity (Wildman–Crippen MR) is 241 cm³/mol. The Kier molecular flexibility index (Phi) is 6.05. The minimum absolute atomic E-state index is 0.181. The van der Waals surface area contributed by atoms with E-state index in [1.54, 1.807) is 0 Å². The highest BCUT2D eigenvalue weighted by Crippen LogP contribution is 2.65. The second-order valence-corrected chi connectivity index (χ2v) is 15.8. The van der Waals surface area contributed by atoms with Crippen molar-refractivity contribution in [2.24, 2.45) is 0 Å². The van der Waals surface area contributed by atoms with E-state index < -0.39 is 11.5 Å². The Labute approximate surface area is 343 Å². The minimum atomic E-state index is -0.535. The van der Waals surface area contributed by atoms with Gasteiger partial charge in [-0.3, -0.25) is 0 Å². The van der Waals surface area contributed by atoms with Crippen LogP contribution in [0.1, 0.15) is 29.1 Å². The molecular formula is C55H35NS. The monoisotopic (exact) mass is 746 g/mol. The van der Waals surface area contributed by atoms with Gasteiger partial charge in [-0.25, -0.2) is 0 Å². The maximum Gasteiger partial charge on any atom is 0.0726 e. The fourth-order valence-corrected chi connectivity index (χ4v) is 10.9. The van der Waals surface area contributed by atoms with E-state index in [4.69, 9.17) is 6.85 Å². The number of nitrogens with zero attached hydrogens (tertiary/aromatic N) is 1. The third-order valence-electron chi connectivity index (χ3n) is 12.0. The summed E-state index contributed by atoms with van der Waals surface area (Å²) in [5, 5.41) is 2.45. The molecule has 0 bridgehead atoms. The van der Waals surface area contributed by atoms with Gasteiger partial charge in [0.1, 0.15) is 0 Å². The zero-order valence-corrected chi connectivity index (χ0v) is 31.5. The summed E-state index contributed by atoms with van der Waals surface area (Å²) in [6.45, 7) is 0. The van der Waals surface area contributed by atoms with Crippen molar-refractivity contribution in [2.75, 3.05) is 4.90 Å². The lowest BCUT2D eigenvalue weighted by molar-refractivity contribution is 0.794. The molecule has 0 unspecified atom stereocenters. The standard InChI is InChI=1S/C55H35NS/c1-2-16-36(17-3-1)37-32-34-38(35-33-37)56(49-28-12-7-20-41(49)42-23-14-31-52-53(42)44-22-8-13-30-51(44)57-52)50-29-15-27-48-54(50)43-21-6-11-26-47(43)55(48)45-24-9-4-18-39(45)40-19-5-10-25-46(40)55/h1-35H/i1D,2D,3D,16D,17D. The van der Waals surface area contributed by atoms with E-state index in [0.717, 1.165) is 33.8 Å². The zero-order chi connectivity index (χ0) is 41.9. The van der Waals surface area contributed by atoms with Gasteiger partial charge in [-0.15, -0.1) is 11.3 Å². The summed E-state index contributed by atoms with van der Waals surface area (Å²) < 4.78 is 45.0. The predicted octanol–water partition coefficient (Wildman–Crippen LogP) is 15.2. The summed E-state index contributed by atoms with van der Waals surface area (Å²) in [4.78, 5) is 2.36. The molecule has 2 aliphatic carbocycles. The quantitative estimate of drug-likeness (QED) is 0.170. The number of hydrogen-bond acceptors (Lipinski definition) is 2. The molecule has 0 fully saturated rings. The molecule has 0 radical (unpaired) electrons. The second-order valence-electron chi connectivity index (χ2n) is 14.8. The van der Waals surface area contributed by atoms with Crippen molar-refractivity contribution < 1.29 is 6.85 Å². The molecule has 0 saturated heterocycles. The summed E-state index contributed by atoms with van der Waals surface area (Å²) in [7, 11) is 0. The van der Waals surface area contributed by atoms with Crippen LogP contribution < -0.4 is 4.90 Å². The lowest BCUT2D eigenvalue weighted by Crippen LogP contribution is -2.26. The highest BCUT2D eigenvalue weighted by molar-refractivity contribution is 7.25. The van der Waals surface area contributed by atoms with Gasteiger partial charge in [-0.05, 0) is 92.0 Å². The molecule has 9 aromatic carbocycles. The molecule has 0 saturated carbocycles. The fraction of sp³-hybridized carbons (Fsp3) is 0.0182. The van der Waals surface area contributed by atoms with Crippen LogP contribution in [0.25, 0.3) is 64.7 Å². The summed E-state index contributed by atoms with van der Waals surface area (Å²) >= 11 is 1.81. The van der Waals surface area contributed by atoms with Crippen molar-refractivity contribution in [1.29, 1.82) is 0 Å². The first-order valence-electron chi connectivity index (χ1n) is 21.8. The van der Waals surface area contributed by atoms with Crippen molar-refractivity contribution in [3.05, 3.63) is 234 Å². The number of hydrogen-bond donors (Lipinski definition) is 0. The van der Waals surface area contributed by atoms with Gasteiger partial charge in [0.15, 0.2) is 0 Å². The summed E-state index contributed by atoms with van der Waals surface area (Å²) in [6, 6.07) is 63.4. The third-order valence-corrected chi connectivity index (χ3v) is 13.1. The van der Waals surface area contributed by atoms with E-state index in [-0.39, 0.29) is 29.7 Å². The molecule has 0 N–H and O–H groups in total. The molecule has 10 aromatic rings. The molecule has 1 nitrogen and oxygen atoms in total. The van der Waals surface area contributed by atoms with Crippen LogP contribution in [0.3, 0.4) is 0 Å². The molecule has 0 atom stereocenters. The summed E-state index contributed by atoms with van der Waals surface area (Å²) in [5.74, 6) is 0. The van der Waals surface area contributed by atoms with Crippen molar-refractivity contribution in [3.63, 3.8) is 0 Å². The Morgan fingerprint density at radius 1 is 0.404 bits per heavy atom. The van der Waals surface area contributed by atoms with Gasteiger partial charge in [0.2, 0.25) is 0 Å². The Hall–Kier alpha value is -7.00. The van der Waals surface area contributed by atoms with E-state index in [1.165, 1.54) is 59.1 Å². The molecule has 12 rings (SSSR count). The average Bonchev–Trinajstić information content (AvgIpc) is 3.96. The normalized spacial score (nSPS) is 14.3. The van der Waals surface area contributed by atoms with E-state index in [9.17, 15) is 0 Å². The van der Waals surface area contributed by atoms with Gasteiger partial charge >= 0.3 is 0 Å². The molecule has 0 amide bonds. The fourth-order valence-electron chi connectivity index (χ4n) is 9.79. The first-order chi connectivity index (χ1) is 30.4. The second kappa shape index (κ2) is 12.5. The molecular weight excluding hydrogens is 707 g/mol. The van der Waals surface area contributed by atoms with Gasteiger partial charge in [-0.2, -0.15) is 0 Å². The van der Waals surface area contributed by atoms with Crippen LogP contribution >= 0.6 is 11.3 Å². The topological polar surface area (TPSA) is 3.24 Å². The highest BCUT2D eigenvalue weighted by Gasteiger charge is 2.52. The Morgan fingerprint density at radius 3 is 1.70 bits per heavy atom. The lowest BCUT2D eigenvalue weighted by Gasteiger charge is -2.32. The number of rotatable bonds is 5. The molecule has 0 aliphatic heterocycles. The van der Waals surface area contributed by atoms with Crippen LogP contribution in [-0.2, 0) is 5.41 Å². The SMILES string of the molecule is [2H]c1c([2H])c([2H])c(-c2ccc(N(c3ccccc3-c3cccc4sc5ccccc5c34)c3cccc4c3-c3ccccc3C43c4ccccc4-c4ccccc43)cc2)c([2H])c1[2H]. The molecule has 2 heteroatoms. The van der Waals surface area contributed by atoms with Gasteiger partial charge in [0, 0.05) is 37.0 Å². The Morgan fingerprint density at radius 2 is 0.947 bits per heavy atom. The number of fused-ring (bicyclic) bond motifs is 13. The lowest BCUT2D eigenvalue weighted by atomic mass is 9.70. The molecule has 266 valence electrons. The number of benzene rings is 9. The zero-order valence-electron chi connectivity index (χ0n) is 35.7. The van der Waals surface area contributed by atoms with Crippen molar-refractivity contribution >= 4 is 48.6 Å². The molecule has 1 spiro atoms.